The molecule has 1 aliphatic heterocycles. The normalized spacial score (nSPS) is 16.6. The van der Waals surface area contributed by atoms with Gasteiger partial charge in [-0.05, 0) is 43.2 Å². The number of pyridine rings is 1. The number of likely N-dealkylation sites (tertiary alicyclic amines) is 1. The van der Waals surface area contributed by atoms with Crippen LogP contribution in [0, 0.1) is 0 Å². The summed E-state index contributed by atoms with van der Waals surface area (Å²) in [5, 5.41) is 9.28. The maximum atomic E-state index is 12.7. The monoisotopic (exact) mass is 365 g/mol. The van der Waals surface area contributed by atoms with Gasteiger partial charge in [0.1, 0.15) is 24.0 Å². The third kappa shape index (κ3) is 3.48. The number of carbonyl (C=O) groups is 2. The van der Waals surface area contributed by atoms with Crippen molar-refractivity contribution in [3.8, 4) is 5.75 Å². The van der Waals surface area contributed by atoms with Crippen LogP contribution in [0.15, 0.2) is 54.9 Å². The minimum Gasteiger partial charge on any atom is -0.487 e. The number of carbonyl (C=O) groups excluding carboxylic acids is 1. The fourth-order valence-electron chi connectivity index (χ4n) is 3.37. The van der Waals surface area contributed by atoms with E-state index < -0.39 is 12.0 Å². The summed E-state index contributed by atoms with van der Waals surface area (Å²) in [5.41, 5.74) is 2.05. The highest BCUT2D eigenvalue weighted by molar-refractivity contribution is 5.97. The van der Waals surface area contributed by atoms with Crippen molar-refractivity contribution in [3.05, 3.63) is 66.1 Å². The van der Waals surface area contributed by atoms with Crippen molar-refractivity contribution in [1.29, 1.82) is 0 Å². The molecule has 0 saturated carbocycles. The Kier molecular flexibility index (Phi) is 4.50. The maximum absolute atomic E-state index is 12.7. The van der Waals surface area contributed by atoms with Crippen LogP contribution >= 0.6 is 0 Å². The number of imidazole rings is 1. The van der Waals surface area contributed by atoms with Crippen LogP contribution in [0.5, 0.6) is 5.75 Å². The van der Waals surface area contributed by atoms with Crippen molar-refractivity contribution in [3.63, 3.8) is 0 Å². The van der Waals surface area contributed by atoms with Crippen LogP contribution in [-0.2, 0) is 11.4 Å². The van der Waals surface area contributed by atoms with E-state index in [1.54, 1.807) is 24.3 Å². The van der Waals surface area contributed by atoms with Gasteiger partial charge in [0.15, 0.2) is 0 Å². The van der Waals surface area contributed by atoms with Gasteiger partial charge < -0.3 is 19.1 Å². The minimum atomic E-state index is -0.958. The van der Waals surface area contributed by atoms with E-state index in [1.165, 1.54) is 4.90 Å². The molecule has 0 spiro atoms. The van der Waals surface area contributed by atoms with Gasteiger partial charge in [-0.25, -0.2) is 9.78 Å². The Balaban J connectivity index is 1.47. The Bertz CT molecular complexity index is 965. The number of fused-ring (bicyclic) bond motifs is 1. The van der Waals surface area contributed by atoms with E-state index in [-0.39, 0.29) is 12.5 Å². The molecule has 7 nitrogen and oxygen atoms in total. The number of aliphatic carboxylic acids is 1. The first-order valence-corrected chi connectivity index (χ1v) is 8.81. The Morgan fingerprint density at radius 3 is 2.93 bits per heavy atom. The van der Waals surface area contributed by atoms with E-state index in [1.807, 2.05) is 35.0 Å². The fourth-order valence-corrected chi connectivity index (χ4v) is 3.37. The number of hydrogen-bond acceptors (Lipinski definition) is 4. The Morgan fingerprint density at radius 2 is 2.11 bits per heavy atom. The van der Waals surface area contributed by atoms with E-state index in [0.29, 0.717) is 30.7 Å². The summed E-state index contributed by atoms with van der Waals surface area (Å²) in [6.45, 7) is 0.739. The van der Waals surface area contributed by atoms with Gasteiger partial charge in [-0.2, -0.15) is 0 Å². The molecule has 2 aromatic heterocycles. The zero-order chi connectivity index (χ0) is 18.8. The Morgan fingerprint density at radius 1 is 1.22 bits per heavy atom. The molecule has 138 valence electrons. The van der Waals surface area contributed by atoms with Crippen LogP contribution in [0.4, 0.5) is 0 Å². The van der Waals surface area contributed by atoms with Crippen LogP contribution in [0.1, 0.15) is 28.9 Å². The molecule has 7 heteroatoms. The Hall–Kier alpha value is -3.35. The number of ether oxygens (including phenoxy) is 1. The molecule has 1 saturated heterocycles. The summed E-state index contributed by atoms with van der Waals surface area (Å²) in [5.74, 6) is -0.692. The molecule has 27 heavy (non-hydrogen) atoms. The lowest BCUT2D eigenvalue weighted by molar-refractivity contribution is -0.141. The summed E-state index contributed by atoms with van der Waals surface area (Å²) < 4.78 is 7.70. The molecule has 1 aliphatic rings. The standard InChI is InChI=1S/C20H19N3O4/c24-19(23-10-4-7-17(23)20(25)26)14-5-3-6-16(11-14)27-13-15-12-22-9-2-1-8-18(22)21-15/h1-3,5-6,8-9,11-12,17H,4,7,10,13H2,(H,25,26). The van der Waals surface area contributed by atoms with Crippen LogP contribution < -0.4 is 4.74 Å². The molecule has 1 unspecified atom stereocenters. The van der Waals surface area contributed by atoms with Gasteiger partial charge in [-0.1, -0.05) is 12.1 Å². The first-order valence-electron chi connectivity index (χ1n) is 8.81. The third-order valence-corrected chi connectivity index (χ3v) is 4.68. The molecule has 1 amide bonds. The van der Waals surface area contributed by atoms with Crippen LogP contribution in [0.2, 0.25) is 0 Å². The smallest absolute Gasteiger partial charge is 0.326 e. The number of nitrogens with zero attached hydrogens (tertiary/aromatic N) is 3. The molecule has 1 aromatic carbocycles. The van der Waals surface area contributed by atoms with Gasteiger partial charge >= 0.3 is 5.97 Å². The molecule has 1 atom stereocenters. The molecule has 1 fully saturated rings. The van der Waals surface area contributed by atoms with Crippen molar-refractivity contribution >= 4 is 17.5 Å². The summed E-state index contributed by atoms with van der Waals surface area (Å²) in [6, 6.07) is 11.8. The van der Waals surface area contributed by atoms with Crippen molar-refractivity contribution < 1.29 is 19.4 Å². The lowest BCUT2D eigenvalue weighted by Gasteiger charge is -2.21. The van der Waals surface area contributed by atoms with Gasteiger partial charge in [-0.15, -0.1) is 0 Å². The number of carboxylic acids is 1. The zero-order valence-corrected chi connectivity index (χ0v) is 14.6. The summed E-state index contributed by atoms with van der Waals surface area (Å²) in [4.78, 5) is 29.9. The number of hydrogen-bond donors (Lipinski definition) is 1. The topological polar surface area (TPSA) is 84.1 Å². The lowest BCUT2D eigenvalue weighted by Crippen LogP contribution is -2.40. The van der Waals surface area contributed by atoms with Crippen LogP contribution in [0.25, 0.3) is 5.65 Å². The van der Waals surface area contributed by atoms with Gasteiger partial charge in [0.2, 0.25) is 0 Å². The molecule has 0 bridgehead atoms. The molecule has 0 aliphatic carbocycles. The highest BCUT2D eigenvalue weighted by Crippen LogP contribution is 2.22. The molecule has 3 aromatic rings. The van der Waals surface area contributed by atoms with E-state index in [9.17, 15) is 14.7 Å². The highest BCUT2D eigenvalue weighted by Gasteiger charge is 2.34. The predicted octanol–water partition coefficient (Wildman–Crippen LogP) is 2.60. The third-order valence-electron chi connectivity index (χ3n) is 4.68. The second-order valence-electron chi connectivity index (χ2n) is 6.51. The van der Waals surface area contributed by atoms with E-state index >= 15 is 0 Å². The summed E-state index contributed by atoms with van der Waals surface area (Å²) in [6.07, 6.45) is 5.00. The largest absolute Gasteiger partial charge is 0.487 e. The predicted molar refractivity (Wildman–Crippen MR) is 97.7 cm³/mol. The van der Waals surface area contributed by atoms with Crippen molar-refractivity contribution in [2.24, 2.45) is 0 Å². The van der Waals surface area contributed by atoms with Gasteiger partial charge in [-0.3, -0.25) is 4.79 Å². The first kappa shape index (κ1) is 17.1. The average Bonchev–Trinajstić information content (AvgIpc) is 3.32. The Labute approximate surface area is 155 Å². The van der Waals surface area contributed by atoms with Crippen LogP contribution in [0.3, 0.4) is 0 Å². The summed E-state index contributed by atoms with van der Waals surface area (Å²) >= 11 is 0. The quantitative estimate of drug-likeness (QED) is 0.751. The fraction of sp³-hybridized carbons (Fsp3) is 0.250. The SMILES string of the molecule is O=C(O)C1CCCN1C(=O)c1cccc(OCc2cn3ccccc3n2)c1. The van der Waals surface area contributed by atoms with E-state index in [2.05, 4.69) is 4.98 Å². The first-order chi connectivity index (χ1) is 13.1. The maximum Gasteiger partial charge on any atom is 0.326 e. The van der Waals surface area contributed by atoms with E-state index in [0.717, 1.165) is 11.3 Å². The van der Waals surface area contributed by atoms with Crippen molar-refractivity contribution in [1.82, 2.24) is 14.3 Å². The molecular weight excluding hydrogens is 346 g/mol. The molecule has 3 heterocycles. The number of benzene rings is 1. The second-order valence-corrected chi connectivity index (χ2v) is 6.51. The number of amides is 1. The molecule has 1 N–H and O–H groups in total. The highest BCUT2D eigenvalue weighted by atomic mass is 16.5. The molecule has 0 radical (unpaired) electrons. The van der Waals surface area contributed by atoms with Crippen molar-refractivity contribution in [2.75, 3.05) is 6.54 Å². The molecular formula is C20H19N3O4. The average molecular weight is 365 g/mol. The number of carboxylic acid groups (broad SMARTS) is 1. The van der Waals surface area contributed by atoms with Crippen LogP contribution in [-0.4, -0.2) is 43.9 Å². The minimum absolute atomic E-state index is 0.279. The van der Waals surface area contributed by atoms with Crippen molar-refractivity contribution in [2.45, 2.75) is 25.5 Å². The molecule has 4 rings (SSSR count). The van der Waals surface area contributed by atoms with Gasteiger partial charge in [0.25, 0.3) is 5.91 Å². The van der Waals surface area contributed by atoms with Gasteiger partial charge in [0.05, 0.1) is 5.69 Å². The number of aromatic nitrogens is 2. The lowest BCUT2D eigenvalue weighted by atomic mass is 10.1. The second kappa shape index (κ2) is 7.11. The zero-order valence-electron chi connectivity index (χ0n) is 14.6. The van der Waals surface area contributed by atoms with E-state index in [4.69, 9.17) is 4.74 Å². The van der Waals surface area contributed by atoms with Gasteiger partial charge in [0, 0.05) is 24.5 Å². The number of rotatable bonds is 5. The summed E-state index contributed by atoms with van der Waals surface area (Å²) in [7, 11) is 0.